The van der Waals surface area contributed by atoms with Gasteiger partial charge in [0.2, 0.25) is 0 Å². The van der Waals surface area contributed by atoms with E-state index in [-0.39, 0.29) is 0 Å². The van der Waals surface area contributed by atoms with Crippen LogP contribution in [-0.2, 0) is 9.47 Å². The SMILES string of the molecule is CC(C)CNCC1(CN2CC3CCC(C2)O3)CCOC1. The zero-order valence-electron chi connectivity index (χ0n) is 13.1. The minimum absolute atomic E-state index is 0.325. The lowest BCUT2D eigenvalue weighted by Crippen LogP contribution is -2.51. The molecule has 3 aliphatic rings. The second-order valence-corrected chi connectivity index (χ2v) is 7.48. The molecule has 0 spiro atoms. The van der Waals surface area contributed by atoms with Crippen molar-refractivity contribution < 1.29 is 9.47 Å². The summed E-state index contributed by atoms with van der Waals surface area (Å²) in [5, 5.41) is 3.66. The lowest BCUT2D eigenvalue weighted by atomic mass is 9.86. The molecule has 0 aromatic carbocycles. The molecule has 3 saturated heterocycles. The summed E-state index contributed by atoms with van der Waals surface area (Å²) < 4.78 is 11.7. The van der Waals surface area contributed by atoms with Crippen molar-refractivity contribution in [2.24, 2.45) is 11.3 Å². The van der Waals surface area contributed by atoms with Crippen LogP contribution in [0, 0.1) is 11.3 Å². The van der Waals surface area contributed by atoms with Crippen molar-refractivity contribution in [3.63, 3.8) is 0 Å². The summed E-state index contributed by atoms with van der Waals surface area (Å²) in [4.78, 5) is 2.64. The Bertz CT molecular complexity index is 304. The van der Waals surface area contributed by atoms with Crippen LogP contribution < -0.4 is 5.32 Å². The van der Waals surface area contributed by atoms with E-state index in [2.05, 4.69) is 24.1 Å². The third kappa shape index (κ3) is 3.53. The first-order chi connectivity index (χ1) is 9.65. The molecule has 0 amide bonds. The van der Waals surface area contributed by atoms with E-state index in [1.807, 2.05) is 0 Å². The van der Waals surface area contributed by atoms with Crippen LogP contribution in [0.3, 0.4) is 0 Å². The van der Waals surface area contributed by atoms with Gasteiger partial charge in [-0.15, -0.1) is 0 Å². The molecule has 0 aromatic heterocycles. The number of likely N-dealkylation sites (tertiary alicyclic amines) is 1. The van der Waals surface area contributed by atoms with Gasteiger partial charge in [0, 0.05) is 38.2 Å². The molecule has 3 unspecified atom stereocenters. The topological polar surface area (TPSA) is 33.7 Å². The summed E-state index contributed by atoms with van der Waals surface area (Å²) in [7, 11) is 0. The van der Waals surface area contributed by atoms with Crippen LogP contribution in [0.15, 0.2) is 0 Å². The Kier molecular flexibility index (Phi) is 4.65. The zero-order chi connectivity index (χ0) is 14.0. The average molecular weight is 282 g/mol. The Morgan fingerprint density at radius 3 is 2.60 bits per heavy atom. The van der Waals surface area contributed by atoms with E-state index in [0.717, 1.165) is 39.4 Å². The Morgan fingerprint density at radius 2 is 2.00 bits per heavy atom. The van der Waals surface area contributed by atoms with Crippen LogP contribution >= 0.6 is 0 Å². The Labute approximate surface area is 123 Å². The predicted octanol–water partition coefficient (Wildman–Crippen LogP) is 1.50. The summed E-state index contributed by atoms with van der Waals surface area (Å²) in [5.74, 6) is 0.716. The van der Waals surface area contributed by atoms with Crippen LogP contribution in [0.5, 0.6) is 0 Å². The molecule has 2 bridgehead atoms. The molecule has 1 N–H and O–H groups in total. The molecule has 3 aliphatic heterocycles. The van der Waals surface area contributed by atoms with Gasteiger partial charge in [0.25, 0.3) is 0 Å². The first-order valence-electron chi connectivity index (χ1n) is 8.31. The lowest BCUT2D eigenvalue weighted by Gasteiger charge is -2.39. The number of morpholine rings is 1. The summed E-state index contributed by atoms with van der Waals surface area (Å²) >= 11 is 0. The summed E-state index contributed by atoms with van der Waals surface area (Å²) in [6, 6.07) is 0. The fourth-order valence-electron chi connectivity index (χ4n) is 3.90. The molecule has 3 heterocycles. The molecular weight excluding hydrogens is 252 g/mol. The normalized spacial score (nSPS) is 38.0. The monoisotopic (exact) mass is 282 g/mol. The zero-order valence-corrected chi connectivity index (χ0v) is 13.1. The van der Waals surface area contributed by atoms with E-state index in [9.17, 15) is 0 Å². The molecule has 0 aromatic rings. The number of ether oxygens (including phenoxy) is 2. The first kappa shape index (κ1) is 14.8. The van der Waals surface area contributed by atoms with Crippen molar-refractivity contribution in [2.75, 3.05) is 45.9 Å². The molecule has 4 nitrogen and oxygen atoms in total. The second-order valence-electron chi connectivity index (χ2n) is 7.48. The lowest BCUT2D eigenvalue weighted by molar-refractivity contribution is -0.0511. The minimum Gasteiger partial charge on any atom is -0.381 e. The molecular formula is C16H30N2O2. The molecule has 0 aliphatic carbocycles. The number of hydrogen-bond acceptors (Lipinski definition) is 4. The van der Waals surface area contributed by atoms with Gasteiger partial charge in [-0.2, -0.15) is 0 Å². The maximum Gasteiger partial charge on any atom is 0.0707 e. The number of nitrogens with zero attached hydrogens (tertiary/aromatic N) is 1. The average Bonchev–Trinajstić information content (AvgIpc) is 2.97. The van der Waals surface area contributed by atoms with Gasteiger partial charge in [-0.1, -0.05) is 13.8 Å². The van der Waals surface area contributed by atoms with Gasteiger partial charge in [0.15, 0.2) is 0 Å². The van der Waals surface area contributed by atoms with Crippen molar-refractivity contribution >= 4 is 0 Å². The molecule has 0 saturated carbocycles. The van der Waals surface area contributed by atoms with Crippen molar-refractivity contribution in [2.45, 2.75) is 45.3 Å². The van der Waals surface area contributed by atoms with E-state index >= 15 is 0 Å². The van der Waals surface area contributed by atoms with Gasteiger partial charge >= 0.3 is 0 Å². The third-order valence-corrected chi connectivity index (χ3v) is 4.92. The van der Waals surface area contributed by atoms with E-state index in [4.69, 9.17) is 9.47 Å². The molecule has 20 heavy (non-hydrogen) atoms. The third-order valence-electron chi connectivity index (χ3n) is 4.92. The van der Waals surface area contributed by atoms with Crippen molar-refractivity contribution in [3.8, 4) is 0 Å². The fourth-order valence-corrected chi connectivity index (χ4v) is 3.90. The van der Waals surface area contributed by atoms with E-state index in [1.54, 1.807) is 0 Å². The summed E-state index contributed by atoms with van der Waals surface area (Å²) in [6.45, 7) is 12.0. The number of rotatable bonds is 6. The molecule has 3 fully saturated rings. The van der Waals surface area contributed by atoms with Crippen molar-refractivity contribution in [1.29, 1.82) is 0 Å². The van der Waals surface area contributed by atoms with Crippen LogP contribution in [0.25, 0.3) is 0 Å². The van der Waals surface area contributed by atoms with Crippen LogP contribution in [0.1, 0.15) is 33.1 Å². The number of hydrogen-bond donors (Lipinski definition) is 1. The van der Waals surface area contributed by atoms with Gasteiger partial charge in [-0.05, 0) is 31.7 Å². The van der Waals surface area contributed by atoms with Gasteiger partial charge in [-0.3, -0.25) is 4.90 Å². The van der Waals surface area contributed by atoms with Crippen LogP contribution in [0.4, 0.5) is 0 Å². The predicted molar refractivity (Wildman–Crippen MR) is 79.9 cm³/mol. The van der Waals surface area contributed by atoms with Crippen LogP contribution in [0.2, 0.25) is 0 Å². The first-order valence-corrected chi connectivity index (χ1v) is 8.31. The highest BCUT2D eigenvalue weighted by molar-refractivity contribution is 4.92. The van der Waals surface area contributed by atoms with Gasteiger partial charge < -0.3 is 14.8 Å². The van der Waals surface area contributed by atoms with Gasteiger partial charge in [-0.25, -0.2) is 0 Å². The van der Waals surface area contributed by atoms with E-state index in [0.29, 0.717) is 23.5 Å². The highest BCUT2D eigenvalue weighted by Gasteiger charge is 2.40. The minimum atomic E-state index is 0.325. The molecule has 0 radical (unpaired) electrons. The van der Waals surface area contributed by atoms with E-state index < -0.39 is 0 Å². The maximum atomic E-state index is 5.95. The Morgan fingerprint density at radius 1 is 1.25 bits per heavy atom. The van der Waals surface area contributed by atoms with Crippen LogP contribution in [-0.4, -0.2) is 63.0 Å². The Balaban J connectivity index is 1.53. The van der Waals surface area contributed by atoms with Gasteiger partial charge in [0.1, 0.15) is 0 Å². The highest BCUT2D eigenvalue weighted by Crippen LogP contribution is 2.33. The molecule has 3 rings (SSSR count). The second kappa shape index (κ2) is 6.30. The molecule has 3 atom stereocenters. The summed E-state index contributed by atoms with van der Waals surface area (Å²) in [5.41, 5.74) is 0.325. The fraction of sp³-hybridized carbons (Fsp3) is 1.00. The molecule has 4 heteroatoms. The smallest absolute Gasteiger partial charge is 0.0707 e. The van der Waals surface area contributed by atoms with Gasteiger partial charge in [0.05, 0.1) is 18.8 Å². The standard InChI is InChI=1S/C16H30N2O2/c1-13(2)7-17-10-16(5-6-19-12-16)11-18-8-14-3-4-15(9-18)20-14/h13-15,17H,3-12H2,1-2H3. The largest absolute Gasteiger partial charge is 0.381 e. The van der Waals surface area contributed by atoms with E-state index in [1.165, 1.54) is 25.8 Å². The number of nitrogens with one attached hydrogen (secondary N) is 1. The Hall–Kier alpha value is -0.160. The maximum absolute atomic E-state index is 5.95. The summed E-state index contributed by atoms with van der Waals surface area (Å²) in [6.07, 6.45) is 4.71. The highest BCUT2D eigenvalue weighted by atomic mass is 16.5. The quantitative estimate of drug-likeness (QED) is 0.800. The molecule has 116 valence electrons. The number of fused-ring (bicyclic) bond motifs is 2. The van der Waals surface area contributed by atoms with Crippen molar-refractivity contribution in [3.05, 3.63) is 0 Å². The van der Waals surface area contributed by atoms with Crippen molar-refractivity contribution in [1.82, 2.24) is 10.2 Å².